The lowest BCUT2D eigenvalue weighted by Crippen LogP contribution is -2.45. The molecule has 5 rings (SSSR count). The smallest absolute Gasteiger partial charge is 0.331 e. The summed E-state index contributed by atoms with van der Waals surface area (Å²) in [5.74, 6) is -2.33. The average molecular weight is 449 g/mol. The van der Waals surface area contributed by atoms with Gasteiger partial charge in [-0.1, -0.05) is 24.3 Å². The van der Waals surface area contributed by atoms with Gasteiger partial charge >= 0.3 is 5.97 Å². The van der Waals surface area contributed by atoms with Gasteiger partial charge in [0.05, 0.1) is 50.6 Å². The topological polar surface area (TPSA) is 97.7 Å². The van der Waals surface area contributed by atoms with E-state index in [1.54, 1.807) is 36.3 Å². The second-order valence-corrected chi connectivity index (χ2v) is 8.00. The molecule has 4 atom stereocenters. The molecule has 2 saturated heterocycles. The number of benzene rings is 2. The predicted molar refractivity (Wildman–Crippen MR) is 118 cm³/mol. The molecule has 2 fully saturated rings. The summed E-state index contributed by atoms with van der Waals surface area (Å²) in [7, 11) is 2.98. The summed E-state index contributed by atoms with van der Waals surface area (Å²) in [6.07, 6.45) is 1.65. The summed E-state index contributed by atoms with van der Waals surface area (Å²) >= 11 is 0. The number of imide groups is 1. The number of hydrogen-bond acceptors (Lipinski definition) is 8. The molecule has 3 heterocycles. The van der Waals surface area contributed by atoms with Gasteiger partial charge in [-0.15, -0.1) is 0 Å². The molecule has 9 heteroatoms. The number of hydrazone groups is 1. The number of methoxy groups -OCH3 is 2. The Morgan fingerprint density at radius 2 is 1.79 bits per heavy atom. The van der Waals surface area contributed by atoms with Crippen LogP contribution in [0.3, 0.4) is 0 Å². The Hall–Kier alpha value is -3.88. The van der Waals surface area contributed by atoms with E-state index in [-0.39, 0.29) is 6.61 Å². The Kier molecular flexibility index (Phi) is 5.03. The quantitative estimate of drug-likeness (QED) is 0.510. The molecule has 0 aromatic heterocycles. The van der Waals surface area contributed by atoms with Crippen LogP contribution in [0, 0.1) is 11.8 Å². The first-order valence-electron chi connectivity index (χ1n) is 10.7. The first kappa shape index (κ1) is 21.0. The number of esters is 1. The second-order valence-electron chi connectivity index (χ2n) is 8.00. The fourth-order valence-electron chi connectivity index (χ4n) is 5.07. The van der Waals surface area contributed by atoms with Gasteiger partial charge in [-0.25, -0.2) is 9.69 Å². The molecule has 2 aromatic carbocycles. The van der Waals surface area contributed by atoms with E-state index >= 15 is 0 Å². The molecule has 9 nitrogen and oxygen atoms in total. The van der Waals surface area contributed by atoms with Crippen molar-refractivity contribution in [3.05, 3.63) is 53.6 Å². The third-order valence-electron chi connectivity index (χ3n) is 6.45. The molecule has 2 amide bonds. The van der Waals surface area contributed by atoms with Gasteiger partial charge in [-0.3, -0.25) is 14.6 Å². The molecule has 0 radical (unpaired) electrons. The van der Waals surface area contributed by atoms with Crippen molar-refractivity contribution in [2.24, 2.45) is 16.9 Å². The number of carbonyl (C=O) groups excluding carboxylic acids is 3. The summed E-state index contributed by atoms with van der Waals surface area (Å²) in [6, 6.07) is 10.9. The molecule has 0 saturated carbocycles. The summed E-state index contributed by atoms with van der Waals surface area (Å²) in [5, 5.41) is 6.03. The Labute approximate surface area is 190 Å². The van der Waals surface area contributed by atoms with Crippen molar-refractivity contribution < 1.29 is 28.6 Å². The summed E-state index contributed by atoms with van der Waals surface area (Å²) in [5.41, 5.74) is 2.01. The largest absolute Gasteiger partial charge is 0.497 e. The van der Waals surface area contributed by atoms with Gasteiger partial charge in [0.15, 0.2) is 6.04 Å². The van der Waals surface area contributed by atoms with E-state index in [4.69, 9.17) is 14.2 Å². The Morgan fingerprint density at radius 1 is 1.03 bits per heavy atom. The summed E-state index contributed by atoms with van der Waals surface area (Å²) in [6.45, 7) is 1.86. The van der Waals surface area contributed by atoms with Crippen LogP contribution in [-0.2, 0) is 19.1 Å². The van der Waals surface area contributed by atoms with Crippen LogP contribution in [-0.4, -0.2) is 55.9 Å². The van der Waals surface area contributed by atoms with Crippen LogP contribution >= 0.6 is 0 Å². The van der Waals surface area contributed by atoms with Crippen LogP contribution in [0.4, 0.5) is 5.69 Å². The summed E-state index contributed by atoms with van der Waals surface area (Å²) < 4.78 is 16.0. The number of fused-ring (bicyclic) bond motifs is 5. The van der Waals surface area contributed by atoms with Crippen molar-refractivity contribution in [2.75, 3.05) is 25.7 Å². The fourth-order valence-corrected chi connectivity index (χ4v) is 5.07. The van der Waals surface area contributed by atoms with E-state index < -0.39 is 41.7 Å². The summed E-state index contributed by atoms with van der Waals surface area (Å²) in [4.78, 5) is 41.6. The molecular weight excluding hydrogens is 426 g/mol. The normalized spacial score (nSPS) is 24.9. The number of amides is 2. The molecule has 0 aliphatic carbocycles. The highest BCUT2D eigenvalue weighted by atomic mass is 16.5. The number of carbonyl (C=O) groups is 3. The SMILES string of the molecule is CCOC(=O)[C@@H]1[C@@H]2C(=O)N(c3ccc(OC)cc3OC)C(=O)[C@@H]2[C@H]2c3ccccc3C=NN12. The number of rotatable bonds is 5. The van der Waals surface area contributed by atoms with Crippen molar-refractivity contribution in [2.45, 2.75) is 19.0 Å². The van der Waals surface area contributed by atoms with Crippen LogP contribution < -0.4 is 14.4 Å². The molecule has 0 unspecified atom stereocenters. The van der Waals surface area contributed by atoms with E-state index in [1.165, 1.54) is 14.2 Å². The highest BCUT2D eigenvalue weighted by Crippen LogP contribution is 2.53. The highest BCUT2D eigenvalue weighted by Gasteiger charge is 2.66. The first-order valence-corrected chi connectivity index (χ1v) is 10.7. The minimum Gasteiger partial charge on any atom is -0.497 e. The van der Waals surface area contributed by atoms with Crippen LogP contribution in [0.15, 0.2) is 47.6 Å². The van der Waals surface area contributed by atoms with E-state index in [9.17, 15) is 14.4 Å². The van der Waals surface area contributed by atoms with E-state index in [1.807, 2.05) is 24.3 Å². The minimum absolute atomic E-state index is 0.156. The minimum atomic E-state index is -1.00. The lowest BCUT2D eigenvalue weighted by atomic mass is 9.85. The van der Waals surface area contributed by atoms with Crippen LogP contribution in [0.1, 0.15) is 24.1 Å². The molecule has 0 spiro atoms. The molecule has 33 heavy (non-hydrogen) atoms. The van der Waals surface area contributed by atoms with E-state index in [0.717, 1.165) is 16.0 Å². The lowest BCUT2D eigenvalue weighted by Gasteiger charge is -2.33. The van der Waals surface area contributed by atoms with E-state index in [2.05, 4.69) is 5.10 Å². The second kappa shape index (κ2) is 7.91. The number of nitrogens with zero attached hydrogens (tertiary/aromatic N) is 3. The van der Waals surface area contributed by atoms with Crippen LogP contribution in [0.2, 0.25) is 0 Å². The number of hydrogen-bond donors (Lipinski definition) is 0. The van der Waals surface area contributed by atoms with Crippen LogP contribution in [0.25, 0.3) is 0 Å². The van der Waals surface area contributed by atoms with Gasteiger partial charge < -0.3 is 14.2 Å². The van der Waals surface area contributed by atoms with Gasteiger partial charge in [-0.2, -0.15) is 5.10 Å². The van der Waals surface area contributed by atoms with Crippen molar-refractivity contribution in [1.82, 2.24) is 5.01 Å². The number of ether oxygens (including phenoxy) is 3. The Bertz CT molecular complexity index is 1180. The maximum atomic E-state index is 13.8. The van der Waals surface area contributed by atoms with Crippen molar-refractivity contribution in [3.8, 4) is 11.5 Å². The standard InChI is InChI=1S/C24H23N3O6/c1-4-33-24(30)21-19-18(20-15-8-6-5-7-13(15)12-25-27(20)21)22(28)26(23(19)29)16-10-9-14(31-2)11-17(16)32-3/h5-12,18-21H,4H2,1-3H3/t18-,19+,20+,21-/m0/s1. The van der Waals surface area contributed by atoms with Gasteiger partial charge in [0.2, 0.25) is 11.8 Å². The molecule has 170 valence electrons. The van der Waals surface area contributed by atoms with Gasteiger partial charge in [-0.05, 0) is 30.2 Å². The zero-order chi connectivity index (χ0) is 23.3. The van der Waals surface area contributed by atoms with Gasteiger partial charge in [0.1, 0.15) is 11.5 Å². The van der Waals surface area contributed by atoms with Crippen molar-refractivity contribution >= 4 is 29.7 Å². The molecule has 3 aliphatic rings. The average Bonchev–Trinajstić information content (AvgIpc) is 3.31. The molecule has 2 aromatic rings. The zero-order valence-corrected chi connectivity index (χ0v) is 18.4. The molecule has 0 bridgehead atoms. The Balaban J connectivity index is 1.63. The third kappa shape index (κ3) is 2.99. The predicted octanol–water partition coefficient (Wildman–Crippen LogP) is 2.15. The first-order chi connectivity index (χ1) is 16.0. The molecular formula is C24H23N3O6. The monoisotopic (exact) mass is 449 g/mol. The van der Waals surface area contributed by atoms with Crippen molar-refractivity contribution in [3.63, 3.8) is 0 Å². The molecule has 0 N–H and O–H groups in total. The third-order valence-corrected chi connectivity index (χ3v) is 6.45. The maximum Gasteiger partial charge on any atom is 0.331 e. The van der Waals surface area contributed by atoms with Gasteiger partial charge in [0.25, 0.3) is 0 Å². The maximum absolute atomic E-state index is 13.8. The highest BCUT2D eigenvalue weighted by molar-refractivity contribution is 6.24. The van der Waals surface area contributed by atoms with Gasteiger partial charge in [0, 0.05) is 6.07 Å². The molecule has 3 aliphatic heterocycles. The van der Waals surface area contributed by atoms with Crippen molar-refractivity contribution in [1.29, 1.82) is 0 Å². The number of anilines is 1. The van der Waals surface area contributed by atoms with E-state index in [0.29, 0.717) is 17.2 Å². The fraction of sp³-hybridized carbons (Fsp3) is 0.333. The lowest BCUT2D eigenvalue weighted by molar-refractivity contribution is -0.152. The van der Waals surface area contributed by atoms with Crippen LogP contribution in [0.5, 0.6) is 11.5 Å². The Morgan fingerprint density at radius 3 is 2.52 bits per heavy atom. The zero-order valence-electron chi connectivity index (χ0n) is 18.4.